The number of phenolic OH excluding ortho intramolecular Hbond substituents is 1. The summed E-state index contributed by atoms with van der Waals surface area (Å²) in [5.41, 5.74) is -0.0213. The van der Waals surface area contributed by atoms with Gasteiger partial charge in [0.05, 0.1) is 0 Å². The van der Waals surface area contributed by atoms with Crippen molar-refractivity contribution in [2.75, 3.05) is 0 Å². The molecule has 18 heavy (non-hydrogen) atoms. The number of imidazole rings is 1. The van der Waals surface area contributed by atoms with Gasteiger partial charge in [-0.1, -0.05) is 6.07 Å². The second kappa shape index (κ2) is 4.79. The minimum atomic E-state index is -1.07. The van der Waals surface area contributed by atoms with Gasteiger partial charge < -0.3 is 19.5 Å². The van der Waals surface area contributed by atoms with E-state index in [-0.39, 0.29) is 18.1 Å². The molecule has 0 amide bonds. The second-order valence-corrected chi connectivity index (χ2v) is 3.74. The minimum Gasteiger partial charge on any atom is -0.508 e. The molecule has 0 saturated heterocycles. The molecule has 0 saturated carbocycles. The van der Waals surface area contributed by atoms with E-state index < -0.39 is 5.97 Å². The van der Waals surface area contributed by atoms with Crippen molar-refractivity contribution in [3.8, 4) is 11.5 Å². The molecule has 2 rings (SSSR count). The van der Waals surface area contributed by atoms with Crippen LogP contribution in [0.15, 0.2) is 30.5 Å². The van der Waals surface area contributed by atoms with E-state index in [2.05, 4.69) is 4.98 Å². The van der Waals surface area contributed by atoms with Crippen LogP contribution in [-0.4, -0.2) is 25.7 Å². The van der Waals surface area contributed by atoms with Gasteiger partial charge in [0, 0.05) is 19.3 Å². The Hall–Kier alpha value is -2.50. The van der Waals surface area contributed by atoms with Crippen molar-refractivity contribution in [1.29, 1.82) is 0 Å². The van der Waals surface area contributed by atoms with Crippen molar-refractivity contribution < 1.29 is 19.7 Å². The van der Waals surface area contributed by atoms with Crippen LogP contribution >= 0.6 is 0 Å². The summed E-state index contributed by atoms with van der Waals surface area (Å²) in [5.74, 6) is 0.0263. The Balaban J connectivity index is 2.08. The minimum absolute atomic E-state index is 0.0213. The topological polar surface area (TPSA) is 84.6 Å². The summed E-state index contributed by atoms with van der Waals surface area (Å²) in [6, 6.07) is 6.36. The zero-order valence-corrected chi connectivity index (χ0v) is 9.70. The molecule has 0 aliphatic rings. The molecule has 0 unspecified atom stereocenters. The number of carboxylic acids is 1. The van der Waals surface area contributed by atoms with E-state index in [1.807, 2.05) is 0 Å². The molecule has 94 valence electrons. The van der Waals surface area contributed by atoms with Crippen molar-refractivity contribution in [3.05, 3.63) is 42.0 Å². The molecule has 6 nitrogen and oxygen atoms in total. The molecule has 0 spiro atoms. The first-order valence-corrected chi connectivity index (χ1v) is 5.23. The van der Waals surface area contributed by atoms with E-state index in [0.29, 0.717) is 11.6 Å². The fraction of sp³-hybridized carbons (Fsp3) is 0.167. The Bertz CT molecular complexity index is 577. The monoisotopic (exact) mass is 248 g/mol. The second-order valence-electron chi connectivity index (χ2n) is 3.74. The number of hydrogen-bond donors (Lipinski definition) is 2. The van der Waals surface area contributed by atoms with Crippen LogP contribution in [-0.2, 0) is 13.7 Å². The molecule has 1 aromatic carbocycles. The molecule has 0 aliphatic heterocycles. The fourth-order valence-electron chi connectivity index (χ4n) is 1.46. The third-order valence-electron chi connectivity index (χ3n) is 2.38. The molecule has 2 aromatic rings. The number of ether oxygens (including phenoxy) is 1. The van der Waals surface area contributed by atoms with Gasteiger partial charge in [-0.15, -0.1) is 0 Å². The standard InChI is InChI=1S/C12H12N2O4/c1-14-6-10(12(16)17)13-11(14)7-18-9-4-2-3-8(15)5-9/h2-6,15H,7H2,1H3,(H,16,17). The lowest BCUT2D eigenvalue weighted by atomic mass is 10.3. The van der Waals surface area contributed by atoms with Crippen LogP contribution < -0.4 is 4.74 Å². The predicted octanol–water partition coefficient (Wildman–Crippen LogP) is 1.40. The predicted molar refractivity (Wildman–Crippen MR) is 62.6 cm³/mol. The van der Waals surface area contributed by atoms with Crippen molar-refractivity contribution in [2.45, 2.75) is 6.61 Å². The van der Waals surface area contributed by atoms with Gasteiger partial charge in [-0.3, -0.25) is 0 Å². The van der Waals surface area contributed by atoms with Gasteiger partial charge in [0.1, 0.15) is 23.9 Å². The lowest BCUT2D eigenvalue weighted by molar-refractivity contribution is 0.0690. The number of carbonyl (C=O) groups is 1. The fourth-order valence-corrected chi connectivity index (χ4v) is 1.46. The number of aromatic nitrogens is 2. The smallest absolute Gasteiger partial charge is 0.356 e. The van der Waals surface area contributed by atoms with Crippen molar-refractivity contribution >= 4 is 5.97 Å². The lowest BCUT2D eigenvalue weighted by Gasteiger charge is -2.05. The number of nitrogens with zero attached hydrogens (tertiary/aromatic N) is 2. The highest BCUT2D eigenvalue weighted by molar-refractivity contribution is 5.85. The van der Waals surface area contributed by atoms with E-state index in [1.54, 1.807) is 23.7 Å². The Kier molecular flexibility index (Phi) is 3.18. The highest BCUT2D eigenvalue weighted by Crippen LogP contribution is 2.18. The van der Waals surface area contributed by atoms with Crippen LogP contribution in [0.2, 0.25) is 0 Å². The zero-order chi connectivity index (χ0) is 13.1. The Morgan fingerprint density at radius 1 is 1.50 bits per heavy atom. The number of phenols is 1. The van der Waals surface area contributed by atoms with Gasteiger partial charge in [0.15, 0.2) is 5.69 Å². The number of carboxylic acid groups (broad SMARTS) is 1. The molecule has 0 radical (unpaired) electrons. The first-order valence-electron chi connectivity index (χ1n) is 5.23. The summed E-state index contributed by atoms with van der Waals surface area (Å²) >= 11 is 0. The Morgan fingerprint density at radius 2 is 2.28 bits per heavy atom. The lowest BCUT2D eigenvalue weighted by Crippen LogP contribution is -2.03. The molecule has 6 heteroatoms. The summed E-state index contributed by atoms with van der Waals surface area (Å²) in [5, 5.41) is 18.1. The highest BCUT2D eigenvalue weighted by atomic mass is 16.5. The van der Waals surface area contributed by atoms with Gasteiger partial charge in [-0.05, 0) is 12.1 Å². The van der Waals surface area contributed by atoms with E-state index in [9.17, 15) is 9.90 Å². The number of aryl methyl sites for hydroxylation is 1. The molecule has 2 N–H and O–H groups in total. The first-order chi connectivity index (χ1) is 8.56. The van der Waals surface area contributed by atoms with Crippen molar-refractivity contribution in [1.82, 2.24) is 9.55 Å². The van der Waals surface area contributed by atoms with E-state index in [0.717, 1.165) is 0 Å². The Labute approximate surface area is 103 Å². The summed E-state index contributed by atoms with van der Waals surface area (Å²) < 4.78 is 7.00. The first kappa shape index (κ1) is 12.0. The molecular formula is C12H12N2O4. The summed E-state index contributed by atoms with van der Waals surface area (Å²) in [7, 11) is 1.70. The van der Waals surface area contributed by atoms with E-state index in [4.69, 9.17) is 9.84 Å². The van der Waals surface area contributed by atoms with Gasteiger partial charge in [-0.2, -0.15) is 0 Å². The summed E-state index contributed by atoms with van der Waals surface area (Å²) in [6.45, 7) is 0.132. The molecule has 0 atom stereocenters. The summed E-state index contributed by atoms with van der Waals surface area (Å²) in [4.78, 5) is 14.7. The molecule has 1 aromatic heterocycles. The van der Waals surface area contributed by atoms with Crippen molar-refractivity contribution in [3.63, 3.8) is 0 Å². The van der Waals surface area contributed by atoms with Crippen LogP contribution in [0.25, 0.3) is 0 Å². The van der Waals surface area contributed by atoms with Gasteiger partial charge in [0.25, 0.3) is 0 Å². The van der Waals surface area contributed by atoms with E-state index in [1.165, 1.54) is 18.3 Å². The maximum Gasteiger partial charge on any atom is 0.356 e. The van der Waals surface area contributed by atoms with Crippen LogP contribution in [0.3, 0.4) is 0 Å². The third kappa shape index (κ3) is 2.60. The maximum absolute atomic E-state index is 10.7. The molecule has 1 heterocycles. The number of rotatable bonds is 4. The number of aromatic carboxylic acids is 1. The average Bonchev–Trinajstić information content (AvgIpc) is 2.68. The normalized spacial score (nSPS) is 10.3. The largest absolute Gasteiger partial charge is 0.508 e. The number of benzene rings is 1. The Morgan fingerprint density at radius 3 is 2.89 bits per heavy atom. The average molecular weight is 248 g/mol. The molecule has 0 aliphatic carbocycles. The SMILES string of the molecule is Cn1cc(C(=O)O)nc1COc1cccc(O)c1. The zero-order valence-electron chi connectivity index (χ0n) is 9.70. The van der Waals surface area contributed by atoms with Gasteiger partial charge in [-0.25, -0.2) is 9.78 Å². The van der Waals surface area contributed by atoms with Gasteiger partial charge in [0.2, 0.25) is 0 Å². The molecule has 0 fully saturated rings. The number of hydrogen-bond acceptors (Lipinski definition) is 4. The van der Waals surface area contributed by atoms with Crippen molar-refractivity contribution in [2.24, 2.45) is 7.05 Å². The quantitative estimate of drug-likeness (QED) is 0.854. The van der Waals surface area contributed by atoms with Crippen LogP contribution in [0.4, 0.5) is 0 Å². The van der Waals surface area contributed by atoms with Crippen LogP contribution in [0, 0.1) is 0 Å². The van der Waals surface area contributed by atoms with Gasteiger partial charge >= 0.3 is 5.97 Å². The van der Waals surface area contributed by atoms with E-state index >= 15 is 0 Å². The highest BCUT2D eigenvalue weighted by Gasteiger charge is 2.11. The van der Waals surface area contributed by atoms with Crippen LogP contribution in [0.1, 0.15) is 16.3 Å². The third-order valence-corrected chi connectivity index (χ3v) is 2.38. The molecular weight excluding hydrogens is 236 g/mol. The van der Waals surface area contributed by atoms with Crippen LogP contribution in [0.5, 0.6) is 11.5 Å². The number of aromatic hydroxyl groups is 1. The maximum atomic E-state index is 10.7. The summed E-state index contributed by atoms with van der Waals surface area (Å²) in [6.07, 6.45) is 1.42. The molecule has 0 bridgehead atoms.